The van der Waals surface area contributed by atoms with Gasteiger partial charge in [-0.05, 0) is 35.7 Å². The van der Waals surface area contributed by atoms with Crippen LogP contribution in [0.1, 0.15) is 29.8 Å². The Labute approximate surface area is 179 Å². The third kappa shape index (κ3) is 4.47. The summed E-state index contributed by atoms with van der Waals surface area (Å²) in [4.78, 5) is 15.1. The summed E-state index contributed by atoms with van der Waals surface area (Å²) in [5, 5.41) is 6.38. The highest BCUT2D eigenvalue weighted by molar-refractivity contribution is 9.10. The molecule has 1 heterocycles. The van der Waals surface area contributed by atoms with Crippen molar-refractivity contribution in [3.8, 4) is 0 Å². The summed E-state index contributed by atoms with van der Waals surface area (Å²) in [6.07, 6.45) is -0.241. The summed E-state index contributed by atoms with van der Waals surface area (Å²) in [5.41, 5.74) is 4.05. The first-order chi connectivity index (χ1) is 14.1. The molecule has 0 aromatic heterocycles. The van der Waals surface area contributed by atoms with Crippen LogP contribution < -0.4 is 0 Å². The molecule has 146 valence electrons. The van der Waals surface area contributed by atoms with E-state index in [-0.39, 0.29) is 12.1 Å². The second-order valence-electron chi connectivity index (χ2n) is 7.11. The molecular weight excluding hydrogens is 426 g/mol. The van der Waals surface area contributed by atoms with Crippen LogP contribution in [0.3, 0.4) is 0 Å². The maximum absolute atomic E-state index is 13.0. The molecule has 4 rings (SSSR count). The van der Waals surface area contributed by atoms with Crippen LogP contribution in [0.2, 0.25) is 0 Å². The van der Waals surface area contributed by atoms with E-state index in [1.165, 1.54) is 5.56 Å². The van der Waals surface area contributed by atoms with E-state index in [0.717, 1.165) is 21.3 Å². The summed E-state index contributed by atoms with van der Waals surface area (Å²) in [6, 6.07) is 28.3. The molecule has 0 radical (unpaired) electrons. The van der Waals surface area contributed by atoms with Crippen LogP contribution >= 0.6 is 15.9 Å². The molecular formula is C24H22BrN3O. The molecule has 1 atom stereocenters. The molecule has 4 nitrogen and oxygen atoms in total. The Morgan fingerprint density at radius 3 is 2.24 bits per heavy atom. The van der Waals surface area contributed by atoms with Crippen LogP contribution in [-0.2, 0) is 11.3 Å². The second-order valence-corrected chi connectivity index (χ2v) is 8.02. The number of carbonyl (C=O) groups excluding carboxylic acids is 1. The van der Waals surface area contributed by atoms with E-state index < -0.39 is 0 Å². The quantitative estimate of drug-likeness (QED) is 0.502. The zero-order valence-corrected chi connectivity index (χ0v) is 17.8. The summed E-state index contributed by atoms with van der Waals surface area (Å²) in [5.74, 6) is 0.00382. The molecule has 3 aromatic rings. The fraction of sp³-hybridized carbons (Fsp3) is 0.167. The molecule has 3 aromatic carbocycles. The number of hydrogen-bond donors (Lipinski definition) is 0. The van der Waals surface area contributed by atoms with Crippen LogP contribution in [0.4, 0.5) is 0 Å². The van der Waals surface area contributed by atoms with Crippen LogP contribution in [0.25, 0.3) is 0 Å². The van der Waals surface area contributed by atoms with Crippen molar-refractivity contribution in [3.05, 3.63) is 106 Å². The first-order valence-electron chi connectivity index (χ1n) is 9.58. The Balaban J connectivity index is 1.70. The van der Waals surface area contributed by atoms with Crippen molar-refractivity contribution in [1.82, 2.24) is 9.91 Å². The zero-order valence-electron chi connectivity index (χ0n) is 16.2. The molecule has 1 fully saturated rings. The maximum Gasteiger partial charge on any atom is 0.258 e. The van der Waals surface area contributed by atoms with Crippen molar-refractivity contribution in [2.24, 2.45) is 5.10 Å². The van der Waals surface area contributed by atoms with Gasteiger partial charge in [0.2, 0.25) is 0 Å². The van der Waals surface area contributed by atoms with Gasteiger partial charge in [0.25, 0.3) is 5.91 Å². The Morgan fingerprint density at radius 1 is 0.966 bits per heavy atom. The Kier molecular flexibility index (Phi) is 5.88. The molecule has 0 saturated carbocycles. The van der Waals surface area contributed by atoms with E-state index in [9.17, 15) is 4.79 Å². The van der Waals surface area contributed by atoms with Crippen LogP contribution in [0.15, 0.2) is 94.5 Å². The summed E-state index contributed by atoms with van der Waals surface area (Å²) in [7, 11) is 0. The minimum Gasteiger partial charge on any atom is -0.271 e. The number of carbonyl (C=O) groups is 1. The number of amides is 1. The van der Waals surface area contributed by atoms with E-state index in [4.69, 9.17) is 5.10 Å². The largest absolute Gasteiger partial charge is 0.271 e. The Hall–Kier alpha value is -2.76. The average Bonchev–Trinajstić information content (AvgIpc) is 3.04. The summed E-state index contributed by atoms with van der Waals surface area (Å²) >= 11 is 3.50. The third-order valence-corrected chi connectivity index (χ3v) is 5.55. The van der Waals surface area contributed by atoms with Gasteiger partial charge in [-0.3, -0.25) is 9.69 Å². The van der Waals surface area contributed by atoms with Crippen molar-refractivity contribution in [2.75, 3.05) is 6.54 Å². The van der Waals surface area contributed by atoms with E-state index in [2.05, 4.69) is 33.0 Å². The fourth-order valence-electron chi connectivity index (χ4n) is 3.58. The third-order valence-electron chi connectivity index (χ3n) is 5.02. The highest BCUT2D eigenvalue weighted by Crippen LogP contribution is 2.33. The molecule has 0 bridgehead atoms. The molecule has 1 aliphatic rings. The molecule has 1 unspecified atom stereocenters. The van der Waals surface area contributed by atoms with Crippen LogP contribution in [-0.4, -0.2) is 28.1 Å². The number of benzene rings is 3. The van der Waals surface area contributed by atoms with Crippen molar-refractivity contribution in [1.29, 1.82) is 0 Å². The van der Waals surface area contributed by atoms with Gasteiger partial charge in [0.1, 0.15) is 6.17 Å². The number of hydrogen-bond acceptors (Lipinski definition) is 3. The monoisotopic (exact) mass is 447 g/mol. The van der Waals surface area contributed by atoms with Crippen LogP contribution in [0.5, 0.6) is 0 Å². The highest BCUT2D eigenvalue weighted by Gasteiger charge is 2.39. The Morgan fingerprint density at radius 2 is 1.59 bits per heavy atom. The van der Waals surface area contributed by atoms with Gasteiger partial charge >= 0.3 is 0 Å². The zero-order chi connectivity index (χ0) is 20.2. The normalized spacial score (nSPS) is 17.7. The van der Waals surface area contributed by atoms with Crippen molar-refractivity contribution in [3.63, 3.8) is 0 Å². The van der Waals surface area contributed by atoms with E-state index in [1.54, 1.807) is 5.01 Å². The number of rotatable bonds is 5. The lowest BCUT2D eigenvalue weighted by molar-refractivity contribution is -0.128. The van der Waals surface area contributed by atoms with Crippen molar-refractivity contribution >= 4 is 27.5 Å². The predicted molar refractivity (Wildman–Crippen MR) is 119 cm³/mol. The fourth-order valence-corrected chi connectivity index (χ4v) is 3.84. The van der Waals surface area contributed by atoms with Gasteiger partial charge in [-0.15, -0.1) is 0 Å². The van der Waals surface area contributed by atoms with Crippen molar-refractivity contribution < 1.29 is 4.79 Å². The standard InChI is InChI=1S/C24H22BrN3O/c1-18(20-10-6-3-7-11-20)26-28-23(29)17-27(16-19-8-4-2-5-9-19)24(28)21-12-14-22(25)15-13-21/h2-15,24H,16-17H2,1H3/b26-18+. The number of hydrazone groups is 1. The molecule has 0 aliphatic carbocycles. The van der Waals surface area contributed by atoms with Crippen LogP contribution in [0, 0.1) is 0 Å². The first kappa shape index (κ1) is 19.6. The molecule has 5 heteroatoms. The summed E-state index contributed by atoms with van der Waals surface area (Å²) < 4.78 is 1.01. The topological polar surface area (TPSA) is 35.9 Å². The average molecular weight is 448 g/mol. The first-order valence-corrected chi connectivity index (χ1v) is 10.4. The molecule has 0 N–H and O–H groups in total. The molecule has 1 aliphatic heterocycles. The molecule has 1 amide bonds. The van der Waals surface area contributed by atoms with Gasteiger partial charge in [0.05, 0.1) is 12.3 Å². The van der Waals surface area contributed by atoms with Gasteiger partial charge in [-0.25, -0.2) is 5.01 Å². The number of halogens is 1. The maximum atomic E-state index is 13.0. The number of nitrogens with zero attached hydrogens (tertiary/aromatic N) is 3. The summed E-state index contributed by atoms with van der Waals surface area (Å²) in [6.45, 7) is 2.96. The lowest BCUT2D eigenvalue weighted by Gasteiger charge is -2.28. The lowest BCUT2D eigenvalue weighted by atomic mass is 10.1. The van der Waals surface area contributed by atoms with E-state index in [0.29, 0.717) is 13.1 Å². The van der Waals surface area contributed by atoms with Gasteiger partial charge in [0.15, 0.2) is 0 Å². The SMILES string of the molecule is C/C(=N\N1C(=O)CN(Cc2ccccc2)C1c1ccc(Br)cc1)c1ccccc1. The minimum atomic E-state index is -0.241. The van der Waals surface area contributed by atoms with Gasteiger partial charge in [-0.2, -0.15) is 5.10 Å². The van der Waals surface area contributed by atoms with E-state index >= 15 is 0 Å². The van der Waals surface area contributed by atoms with Crippen molar-refractivity contribution in [2.45, 2.75) is 19.6 Å². The smallest absolute Gasteiger partial charge is 0.258 e. The lowest BCUT2D eigenvalue weighted by Crippen LogP contribution is -2.29. The van der Waals surface area contributed by atoms with Gasteiger partial charge in [-0.1, -0.05) is 88.7 Å². The molecule has 0 spiro atoms. The minimum absolute atomic E-state index is 0.00382. The van der Waals surface area contributed by atoms with Gasteiger partial charge in [0, 0.05) is 11.0 Å². The highest BCUT2D eigenvalue weighted by atomic mass is 79.9. The van der Waals surface area contributed by atoms with Gasteiger partial charge < -0.3 is 0 Å². The molecule has 29 heavy (non-hydrogen) atoms. The predicted octanol–water partition coefficient (Wildman–Crippen LogP) is 5.22. The Bertz CT molecular complexity index is 1000. The molecule has 1 saturated heterocycles. The second kappa shape index (κ2) is 8.72. The van der Waals surface area contributed by atoms with E-state index in [1.807, 2.05) is 79.7 Å².